The quantitative estimate of drug-likeness (QED) is 0.291. The predicted molar refractivity (Wildman–Crippen MR) is 123 cm³/mol. The lowest BCUT2D eigenvalue weighted by atomic mass is 10.2. The van der Waals surface area contributed by atoms with Gasteiger partial charge in [-0.3, -0.25) is 4.98 Å². The van der Waals surface area contributed by atoms with Gasteiger partial charge in [-0.1, -0.05) is 11.6 Å². The zero-order valence-corrected chi connectivity index (χ0v) is 19.7. The van der Waals surface area contributed by atoms with E-state index in [0.29, 0.717) is 50.9 Å². The number of pyridine rings is 1. The molecule has 0 fully saturated rings. The first-order valence-electron chi connectivity index (χ1n) is 9.04. The van der Waals surface area contributed by atoms with Crippen molar-refractivity contribution < 1.29 is 23.4 Å². The zero-order chi connectivity index (χ0) is 22.0. The highest BCUT2D eigenvalue weighted by atomic mass is 127. The molecule has 4 rings (SSSR count). The number of ether oxygens (including phenoxy) is 4. The van der Waals surface area contributed by atoms with Crippen LogP contribution in [0.5, 0.6) is 23.0 Å². The first-order chi connectivity index (χ1) is 15.0. The minimum absolute atomic E-state index is 0.0702. The molecule has 0 aliphatic carbocycles. The molecule has 0 saturated heterocycles. The number of methoxy groups -OCH3 is 3. The molecule has 160 valence electrons. The van der Waals surface area contributed by atoms with E-state index in [1.54, 1.807) is 39.7 Å². The highest BCUT2D eigenvalue weighted by Gasteiger charge is 2.18. The molecule has 0 bridgehead atoms. The first kappa shape index (κ1) is 21.4. The Morgan fingerprint density at radius 3 is 2.42 bits per heavy atom. The first-order valence-corrected chi connectivity index (χ1v) is 10.5. The number of nitrogens with zero attached hydrogens (tertiary/aromatic N) is 3. The van der Waals surface area contributed by atoms with Gasteiger partial charge in [-0.25, -0.2) is 0 Å². The molecule has 0 aliphatic heterocycles. The van der Waals surface area contributed by atoms with Gasteiger partial charge in [0.2, 0.25) is 11.6 Å². The number of rotatable bonds is 7. The van der Waals surface area contributed by atoms with E-state index in [4.69, 9.17) is 35.0 Å². The molecule has 4 aromatic rings. The molecule has 2 heterocycles. The zero-order valence-electron chi connectivity index (χ0n) is 16.8. The molecule has 2 aromatic heterocycles. The monoisotopic (exact) mass is 553 g/mol. The van der Waals surface area contributed by atoms with Crippen molar-refractivity contribution in [3.05, 3.63) is 51.0 Å². The lowest BCUT2D eigenvalue weighted by Crippen LogP contribution is -1.99. The number of aromatic nitrogens is 3. The molecular weight excluding hydrogens is 537 g/mol. The molecule has 0 saturated carbocycles. The third kappa shape index (κ3) is 4.19. The number of fused-ring (bicyclic) bond motifs is 1. The Kier molecular flexibility index (Phi) is 6.33. The number of hydrogen-bond acceptors (Lipinski definition) is 8. The molecule has 0 aliphatic rings. The van der Waals surface area contributed by atoms with E-state index in [9.17, 15) is 0 Å². The van der Waals surface area contributed by atoms with E-state index >= 15 is 0 Å². The predicted octanol–water partition coefficient (Wildman–Crippen LogP) is 5.15. The van der Waals surface area contributed by atoms with Crippen LogP contribution in [0.15, 0.2) is 40.9 Å². The summed E-state index contributed by atoms with van der Waals surface area (Å²) in [7, 11) is 4.62. The molecule has 10 heteroatoms. The van der Waals surface area contributed by atoms with Crippen LogP contribution in [-0.2, 0) is 6.61 Å². The van der Waals surface area contributed by atoms with Gasteiger partial charge in [0, 0.05) is 17.1 Å². The molecule has 0 atom stereocenters. The van der Waals surface area contributed by atoms with Gasteiger partial charge in [-0.15, -0.1) is 10.2 Å². The van der Waals surface area contributed by atoms with Crippen LogP contribution in [0.25, 0.3) is 22.4 Å². The van der Waals surface area contributed by atoms with E-state index in [-0.39, 0.29) is 6.61 Å². The standard InChI is InChI=1S/C21H17ClIN3O5/c1-27-15-7-11(8-16(28-2)20(15)29-3)21-26-25-17(31-21)10-30-19-14(23)9-13(22)12-5-4-6-24-18(12)19/h4-9H,10H2,1-3H3. The second kappa shape index (κ2) is 9.15. The maximum absolute atomic E-state index is 6.32. The average Bonchev–Trinajstić information content (AvgIpc) is 3.27. The minimum Gasteiger partial charge on any atom is -0.493 e. The van der Waals surface area contributed by atoms with Gasteiger partial charge in [-0.2, -0.15) is 0 Å². The summed E-state index contributed by atoms with van der Waals surface area (Å²) in [5, 5.41) is 9.62. The Balaban J connectivity index is 1.61. The average molecular weight is 554 g/mol. The van der Waals surface area contributed by atoms with Crippen LogP contribution in [-0.4, -0.2) is 36.5 Å². The fourth-order valence-corrected chi connectivity index (χ4v) is 4.22. The topological polar surface area (TPSA) is 88.7 Å². The summed E-state index contributed by atoms with van der Waals surface area (Å²) in [6, 6.07) is 9.02. The summed E-state index contributed by atoms with van der Waals surface area (Å²) >= 11 is 8.48. The van der Waals surface area contributed by atoms with Gasteiger partial charge < -0.3 is 23.4 Å². The van der Waals surface area contributed by atoms with Crippen LogP contribution in [0.3, 0.4) is 0 Å². The summed E-state index contributed by atoms with van der Waals surface area (Å²) in [5.41, 5.74) is 1.30. The van der Waals surface area contributed by atoms with E-state index in [1.165, 1.54) is 0 Å². The van der Waals surface area contributed by atoms with Crippen molar-refractivity contribution in [2.45, 2.75) is 6.61 Å². The second-order valence-electron chi connectivity index (χ2n) is 6.27. The number of benzene rings is 2. The SMILES string of the molecule is COc1cc(-c2nnc(COc3c(I)cc(Cl)c4cccnc34)o2)cc(OC)c1OC. The van der Waals surface area contributed by atoms with Crippen molar-refractivity contribution in [3.8, 4) is 34.5 Å². The fourth-order valence-electron chi connectivity index (χ4n) is 3.05. The van der Waals surface area contributed by atoms with E-state index in [2.05, 4.69) is 37.8 Å². The molecule has 2 aromatic carbocycles. The van der Waals surface area contributed by atoms with Gasteiger partial charge in [0.05, 0.1) is 29.9 Å². The minimum atomic E-state index is 0.0702. The van der Waals surface area contributed by atoms with Crippen LogP contribution in [0, 0.1) is 3.57 Å². The molecule has 0 amide bonds. The Hall–Kier alpha value is -2.79. The van der Waals surface area contributed by atoms with Crippen molar-refractivity contribution in [2.24, 2.45) is 0 Å². The Labute approximate surface area is 196 Å². The molecule has 31 heavy (non-hydrogen) atoms. The van der Waals surface area contributed by atoms with Crippen LogP contribution in [0.4, 0.5) is 0 Å². The van der Waals surface area contributed by atoms with E-state index in [1.807, 2.05) is 18.2 Å². The van der Waals surface area contributed by atoms with Gasteiger partial charge in [-0.05, 0) is 52.9 Å². The summed E-state index contributed by atoms with van der Waals surface area (Å²) in [6.07, 6.45) is 1.69. The van der Waals surface area contributed by atoms with Crippen LogP contribution in [0.1, 0.15) is 5.89 Å². The lowest BCUT2D eigenvalue weighted by Gasteiger charge is -2.12. The van der Waals surface area contributed by atoms with Gasteiger partial charge in [0.1, 0.15) is 5.52 Å². The van der Waals surface area contributed by atoms with Crippen LogP contribution < -0.4 is 18.9 Å². The smallest absolute Gasteiger partial charge is 0.254 e. The van der Waals surface area contributed by atoms with Crippen LogP contribution in [0.2, 0.25) is 5.02 Å². The Bertz CT molecular complexity index is 1220. The van der Waals surface area contributed by atoms with Crippen LogP contribution >= 0.6 is 34.2 Å². The lowest BCUT2D eigenvalue weighted by molar-refractivity contribution is 0.265. The normalized spacial score (nSPS) is 10.9. The molecule has 0 spiro atoms. The van der Waals surface area contributed by atoms with Crippen molar-refractivity contribution in [3.63, 3.8) is 0 Å². The Morgan fingerprint density at radius 2 is 1.74 bits per heavy atom. The van der Waals surface area contributed by atoms with Crippen molar-refractivity contribution in [1.82, 2.24) is 15.2 Å². The molecule has 0 unspecified atom stereocenters. The maximum atomic E-state index is 6.32. The summed E-state index contributed by atoms with van der Waals surface area (Å²) in [4.78, 5) is 4.40. The third-order valence-corrected chi connectivity index (χ3v) is 5.58. The van der Waals surface area contributed by atoms with E-state index in [0.717, 1.165) is 8.96 Å². The van der Waals surface area contributed by atoms with Crippen molar-refractivity contribution in [1.29, 1.82) is 0 Å². The molecule has 8 nitrogen and oxygen atoms in total. The molecule has 0 radical (unpaired) electrons. The number of hydrogen-bond donors (Lipinski definition) is 0. The summed E-state index contributed by atoms with van der Waals surface area (Å²) < 4.78 is 28.7. The largest absolute Gasteiger partial charge is 0.493 e. The van der Waals surface area contributed by atoms with Crippen molar-refractivity contribution in [2.75, 3.05) is 21.3 Å². The second-order valence-corrected chi connectivity index (χ2v) is 7.84. The van der Waals surface area contributed by atoms with Gasteiger partial charge in [0.15, 0.2) is 23.9 Å². The third-order valence-electron chi connectivity index (χ3n) is 4.47. The number of halogens is 2. The van der Waals surface area contributed by atoms with Gasteiger partial charge >= 0.3 is 0 Å². The highest BCUT2D eigenvalue weighted by Crippen LogP contribution is 2.41. The molecular formula is C21H17ClIN3O5. The summed E-state index contributed by atoms with van der Waals surface area (Å²) in [6.45, 7) is 0.0702. The van der Waals surface area contributed by atoms with E-state index < -0.39 is 0 Å². The summed E-state index contributed by atoms with van der Waals surface area (Å²) in [5.74, 6) is 2.66. The highest BCUT2D eigenvalue weighted by molar-refractivity contribution is 14.1. The Morgan fingerprint density at radius 1 is 1.00 bits per heavy atom. The van der Waals surface area contributed by atoms with Crippen molar-refractivity contribution >= 4 is 45.1 Å². The fraction of sp³-hybridized carbons (Fsp3) is 0.190. The maximum Gasteiger partial charge on any atom is 0.254 e. The molecule has 0 N–H and O–H groups in total. The van der Waals surface area contributed by atoms with Gasteiger partial charge in [0.25, 0.3) is 5.89 Å².